The molecule has 0 saturated carbocycles. The van der Waals surface area contributed by atoms with Crippen molar-refractivity contribution in [1.29, 1.82) is 0 Å². The van der Waals surface area contributed by atoms with Gasteiger partial charge in [-0.15, -0.1) is 11.3 Å². The molecule has 2 aromatic rings. The number of nitrogens with zero attached hydrogens (tertiary/aromatic N) is 2. The molecule has 0 spiro atoms. The van der Waals surface area contributed by atoms with Gasteiger partial charge in [-0.05, 0) is 68.2 Å². The quantitative estimate of drug-likeness (QED) is 0.403. The summed E-state index contributed by atoms with van der Waals surface area (Å²) in [5.41, 5.74) is 6.01. The van der Waals surface area contributed by atoms with Crippen molar-refractivity contribution in [2.45, 2.75) is 37.8 Å². The molecule has 11 nitrogen and oxygen atoms in total. The third-order valence-corrected chi connectivity index (χ3v) is 8.79. The number of carbonyl (C=O) groups is 4. The molecule has 0 radical (unpaired) electrons. The highest BCUT2D eigenvalue weighted by atomic mass is 35.5. The number of nitrogens with two attached hydrogens (primary N) is 1. The van der Waals surface area contributed by atoms with Crippen molar-refractivity contribution < 1.29 is 27.6 Å². The molecule has 2 fully saturated rings. The number of primary amides is 1. The van der Waals surface area contributed by atoms with E-state index in [9.17, 15) is 27.6 Å². The van der Waals surface area contributed by atoms with Crippen LogP contribution in [0.5, 0.6) is 0 Å². The summed E-state index contributed by atoms with van der Waals surface area (Å²) in [5, 5.41) is 3.74. The second-order valence-corrected chi connectivity index (χ2v) is 12.6. The van der Waals surface area contributed by atoms with Crippen molar-refractivity contribution in [3.05, 3.63) is 56.6 Å². The van der Waals surface area contributed by atoms with Crippen molar-refractivity contribution in [3.63, 3.8) is 0 Å². The van der Waals surface area contributed by atoms with Crippen molar-refractivity contribution in [2.24, 2.45) is 5.73 Å². The lowest BCUT2D eigenvalue weighted by Crippen LogP contribution is -2.55. The third kappa shape index (κ3) is 7.44. The first-order chi connectivity index (χ1) is 18.5. The Hall–Kier alpha value is -3.26. The van der Waals surface area contributed by atoms with Crippen molar-refractivity contribution in [2.75, 3.05) is 25.0 Å². The molecular weight excluding hydrogens is 566 g/mol. The van der Waals surface area contributed by atoms with Crippen LogP contribution in [0, 0.1) is 0 Å². The van der Waals surface area contributed by atoms with Crippen LogP contribution >= 0.6 is 22.9 Å². The van der Waals surface area contributed by atoms with E-state index in [0.29, 0.717) is 59.2 Å². The number of rotatable bonds is 9. The lowest BCUT2D eigenvalue weighted by atomic mass is 10.1. The SMILES string of the molecule is NC(=O)c1ccc(NC(=O)[C@@H]2CCCN2C(=O)CN2CCC[C@H](NS(=O)(=O)/C=C/c3ccc(Cl)s3)C2=O)cc1. The van der Waals surface area contributed by atoms with E-state index < -0.39 is 33.9 Å². The van der Waals surface area contributed by atoms with E-state index in [2.05, 4.69) is 10.0 Å². The molecule has 39 heavy (non-hydrogen) atoms. The van der Waals surface area contributed by atoms with Gasteiger partial charge in [0.05, 0.1) is 10.9 Å². The molecular formula is C25H28ClN5O6S2. The average molecular weight is 594 g/mol. The number of thiophene rings is 1. The topological polar surface area (TPSA) is 159 Å². The first-order valence-corrected chi connectivity index (χ1v) is 15.0. The fourth-order valence-electron chi connectivity index (χ4n) is 4.55. The largest absolute Gasteiger partial charge is 0.366 e. The smallest absolute Gasteiger partial charge is 0.248 e. The summed E-state index contributed by atoms with van der Waals surface area (Å²) in [6.07, 6.45) is 3.32. The van der Waals surface area contributed by atoms with Gasteiger partial charge in [-0.2, -0.15) is 4.72 Å². The Balaban J connectivity index is 1.34. The number of likely N-dealkylation sites (tertiary alicyclic amines) is 2. The van der Waals surface area contributed by atoms with Crippen LogP contribution in [0.2, 0.25) is 4.34 Å². The molecule has 2 aliphatic heterocycles. The van der Waals surface area contributed by atoms with Gasteiger partial charge in [-0.1, -0.05) is 11.6 Å². The van der Waals surface area contributed by atoms with Crippen LogP contribution in [0.25, 0.3) is 6.08 Å². The van der Waals surface area contributed by atoms with Gasteiger partial charge in [0.25, 0.3) is 0 Å². The van der Waals surface area contributed by atoms with Crippen LogP contribution in [0.3, 0.4) is 0 Å². The number of piperidine rings is 1. The normalized spacial score (nSPS) is 20.0. The number of anilines is 1. The molecule has 2 atom stereocenters. The van der Waals surface area contributed by atoms with Gasteiger partial charge in [0.1, 0.15) is 12.1 Å². The summed E-state index contributed by atoms with van der Waals surface area (Å²) in [4.78, 5) is 53.8. The van der Waals surface area contributed by atoms with Gasteiger partial charge >= 0.3 is 0 Å². The van der Waals surface area contributed by atoms with Crippen LogP contribution in [0.1, 0.15) is 40.9 Å². The molecule has 4 rings (SSSR count). The van der Waals surface area contributed by atoms with E-state index in [1.165, 1.54) is 39.3 Å². The van der Waals surface area contributed by atoms with Crippen molar-refractivity contribution in [3.8, 4) is 0 Å². The van der Waals surface area contributed by atoms with E-state index in [1.54, 1.807) is 24.3 Å². The molecule has 2 saturated heterocycles. The number of carbonyl (C=O) groups excluding carboxylic acids is 4. The Morgan fingerprint density at radius 1 is 1.08 bits per heavy atom. The highest BCUT2D eigenvalue weighted by Gasteiger charge is 2.37. The molecule has 0 unspecified atom stereocenters. The molecule has 2 aliphatic rings. The fraction of sp³-hybridized carbons (Fsp3) is 0.360. The first-order valence-electron chi connectivity index (χ1n) is 12.3. The molecule has 0 bridgehead atoms. The van der Waals surface area contributed by atoms with Gasteiger partial charge in [0.2, 0.25) is 33.7 Å². The Kier molecular flexibility index (Phi) is 9.05. The van der Waals surface area contributed by atoms with Crippen LogP contribution < -0.4 is 15.8 Å². The van der Waals surface area contributed by atoms with E-state index >= 15 is 0 Å². The number of halogens is 1. The summed E-state index contributed by atoms with van der Waals surface area (Å²) in [6.45, 7) is 0.425. The lowest BCUT2D eigenvalue weighted by Gasteiger charge is -2.33. The Bertz CT molecular complexity index is 1390. The minimum Gasteiger partial charge on any atom is -0.366 e. The minimum atomic E-state index is -3.92. The van der Waals surface area contributed by atoms with Crippen molar-refractivity contribution in [1.82, 2.24) is 14.5 Å². The third-order valence-electron chi connectivity index (χ3n) is 6.48. The van der Waals surface area contributed by atoms with Gasteiger partial charge in [0.15, 0.2) is 0 Å². The molecule has 3 heterocycles. The van der Waals surface area contributed by atoms with Gasteiger partial charge < -0.3 is 20.9 Å². The predicted octanol–water partition coefficient (Wildman–Crippen LogP) is 2.01. The van der Waals surface area contributed by atoms with E-state index in [4.69, 9.17) is 17.3 Å². The fourth-order valence-corrected chi connectivity index (χ4v) is 6.62. The maximum absolute atomic E-state index is 13.1. The lowest BCUT2D eigenvalue weighted by molar-refractivity contribution is -0.144. The van der Waals surface area contributed by atoms with Crippen molar-refractivity contribution >= 4 is 68.4 Å². The Labute approximate surface area is 235 Å². The van der Waals surface area contributed by atoms with Crippen LogP contribution in [0.15, 0.2) is 41.8 Å². The highest BCUT2D eigenvalue weighted by Crippen LogP contribution is 2.23. The van der Waals surface area contributed by atoms with Crippen LogP contribution in [-0.4, -0.2) is 73.6 Å². The number of hydrogen-bond acceptors (Lipinski definition) is 7. The van der Waals surface area contributed by atoms with E-state index in [-0.39, 0.29) is 18.4 Å². The zero-order chi connectivity index (χ0) is 28.2. The number of hydrogen-bond donors (Lipinski definition) is 3. The maximum atomic E-state index is 13.1. The minimum absolute atomic E-state index is 0.252. The monoisotopic (exact) mass is 593 g/mol. The number of benzene rings is 1. The predicted molar refractivity (Wildman–Crippen MR) is 148 cm³/mol. The highest BCUT2D eigenvalue weighted by molar-refractivity contribution is 7.92. The number of nitrogens with one attached hydrogen (secondary N) is 2. The molecule has 4 N–H and O–H groups in total. The number of sulfonamides is 1. The van der Waals surface area contributed by atoms with E-state index in [1.807, 2.05) is 0 Å². The molecule has 208 valence electrons. The summed E-state index contributed by atoms with van der Waals surface area (Å²) in [6, 6.07) is 7.74. The van der Waals surface area contributed by atoms with E-state index in [0.717, 1.165) is 5.41 Å². The zero-order valence-corrected chi connectivity index (χ0v) is 23.2. The molecule has 4 amide bonds. The van der Waals surface area contributed by atoms with Gasteiger partial charge in [-0.25, -0.2) is 8.42 Å². The second-order valence-electron chi connectivity index (χ2n) is 9.24. The molecule has 0 aliphatic carbocycles. The Morgan fingerprint density at radius 3 is 2.46 bits per heavy atom. The summed E-state index contributed by atoms with van der Waals surface area (Å²) in [5.74, 6) is -1.83. The molecule has 1 aromatic heterocycles. The van der Waals surface area contributed by atoms with Gasteiger partial charge in [0, 0.05) is 34.6 Å². The average Bonchev–Trinajstić information content (AvgIpc) is 3.55. The summed E-state index contributed by atoms with van der Waals surface area (Å²) < 4.78 is 28.0. The first kappa shape index (κ1) is 28.7. The summed E-state index contributed by atoms with van der Waals surface area (Å²) >= 11 is 7.09. The molecule has 1 aromatic carbocycles. The van der Waals surface area contributed by atoms with Gasteiger partial charge in [-0.3, -0.25) is 19.2 Å². The van der Waals surface area contributed by atoms with Crippen LogP contribution in [0.4, 0.5) is 5.69 Å². The second kappa shape index (κ2) is 12.3. The standard InChI is InChI=1S/C25H28ClN5O6S2/c26-21-10-9-18(38-21)11-14-39(36,37)29-19-3-1-12-30(25(19)35)15-22(32)31-13-2-4-20(31)24(34)28-17-7-5-16(6-8-17)23(27)33/h5-11,14,19-20,29H,1-4,12-13,15H2,(H2,27,33)(H,28,34)/b14-11+/t19-,20-/m0/s1. The molecule has 14 heteroatoms. The van der Waals surface area contributed by atoms with Crippen LogP contribution in [-0.2, 0) is 24.4 Å². The number of amides is 4. The Morgan fingerprint density at radius 2 is 1.79 bits per heavy atom. The maximum Gasteiger partial charge on any atom is 0.248 e. The summed E-state index contributed by atoms with van der Waals surface area (Å²) in [7, 11) is -3.92. The zero-order valence-electron chi connectivity index (χ0n) is 20.8.